The van der Waals surface area contributed by atoms with Gasteiger partial charge in [0.25, 0.3) is 0 Å². The second-order valence-electron chi connectivity index (χ2n) is 4.63. The van der Waals surface area contributed by atoms with Crippen LogP contribution in [0, 0.1) is 6.92 Å². The van der Waals surface area contributed by atoms with Crippen LogP contribution in [0.2, 0.25) is 0 Å². The molecular weight excluding hydrogens is 208 g/mol. The van der Waals surface area contributed by atoms with Crippen LogP contribution in [0.15, 0.2) is 36.5 Å². The maximum atomic E-state index is 4.44. The van der Waals surface area contributed by atoms with Crippen molar-refractivity contribution < 1.29 is 0 Å². The zero-order valence-corrected chi connectivity index (χ0v) is 10.0. The predicted octanol–water partition coefficient (Wildman–Crippen LogP) is 2.70. The number of hydrogen-bond donors (Lipinski definition) is 1. The Hall–Kier alpha value is -1.67. The lowest BCUT2D eigenvalue weighted by Gasteiger charge is -2.17. The van der Waals surface area contributed by atoms with Crippen LogP contribution in [0.1, 0.15) is 16.7 Å². The van der Waals surface area contributed by atoms with Gasteiger partial charge in [-0.05, 0) is 54.8 Å². The molecule has 0 bridgehead atoms. The Morgan fingerprint density at radius 1 is 1.12 bits per heavy atom. The summed E-state index contributed by atoms with van der Waals surface area (Å²) in [4.78, 5) is 4.44. The van der Waals surface area contributed by atoms with Gasteiger partial charge in [0, 0.05) is 18.3 Å². The first-order chi connectivity index (χ1) is 8.33. The predicted molar refractivity (Wildman–Crippen MR) is 69.8 cm³/mol. The molecule has 1 aromatic heterocycles. The molecule has 1 aliphatic heterocycles. The van der Waals surface area contributed by atoms with Crippen molar-refractivity contribution in [2.75, 3.05) is 6.54 Å². The number of rotatable bonds is 1. The van der Waals surface area contributed by atoms with Crippen LogP contribution in [-0.4, -0.2) is 11.5 Å². The molecular formula is C15H16N2. The highest BCUT2D eigenvalue weighted by Crippen LogP contribution is 2.23. The van der Waals surface area contributed by atoms with Gasteiger partial charge in [-0.25, -0.2) is 0 Å². The number of fused-ring (bicyclic) bond motifs is 1. The van der Waals surface area contributed by atoms with Crippen LogP contribution in [0.4, 0.5) is 0 Å². The van der Waals surface area contributed by atoms with Crippen molar-refractivity contribution in [3.63, 3.8) is 0 Å². The lowest BCUT2D eigenvalue weighted by Crippen LogP contribution is -2.23. The summed E-state index contributed by atoms with van der Waals surface area (Å²) in [5.41, 5.74) is 6.45. The molecule has 0 saturated heterocycles. The van der Waals surface area contributed by atoms with Crippen molar-refractivity contribution in [3.05, 3.63) is 53.2 Å². The lowest BCUT2D eigenvalue weighted by molar-refractivity contribution is 0.644. The summed E-state index contributed by atoms with van der Waals surface area (Å²) in [5.74, 6) is 0. The van der Waals surface area contributed by atoms with E-state index in [0.717, 1.165) is 25.2 Å². The first-order valence-electron chi connectivity index (χ1n) is 6.08. The van der Waals surface area contributed by atoms with Crippen molar-refractivity contribution in [3.8, 4) is 11.3 Å². The van der Waals surface area contributed by atoms with Crippen molar-refractivity contribution in [2.45, 2.75) is 19.9 Å². The molecule has 3 rings (SSSR count). The molecule has 0 saturated carbocycles. The van der Waals surface area contributed by atoms with E-state index < -0.39 is 0 Å². The molecule has 17 heavy (non-hydrogen) atoms. The third-order valence-corrected chi connectivity index (χ3v) is 3.30. The number of hydrogen-bond acceptors (Lipinski definition) is 2. The first-order valence-corrected chi connectivity index (χ1v) is 6.08. The molecule has 2 heterocycles. The molecule has 0 atom stereocenters. The summed E-state index contributed by atoms with van der Waals surface area (Å²) in [7, 11) is 0. The lowest BCUT2D eigenvalue weighted by atomic mass is 9.97. The van der Waals surface area contributed by atoms with Crippen LogP contribution >= 0.6 is 0 Å². The minimum Gasteiger partial charge on any atom is -0.312 e. The summed E-state index contributed by atoms with van der Waals surface area (Å²) in [5, 5.41) is 3.39. The van der Waals surface area contributed by atoms with Crippen LogP contribution in [-0.2, 0) is 13.0 Å². The highest BCUT2D eigenvalue weighted by molar-refractivity contribution is 5.61. The summed E-state index contributed by atoms with van der Waals surface area (Å²) in [6, 6.07) is 10.9. The number of benzene rings is 1. The van der Waals surface area contributed by atoms with Crippen molar-refractivity contribution in [1.82, 2.24) is 10.3 Å². The fourth-order valence-electron chi connectivity index (χ4n) is 2.33. The molecule has 86 valence electrons. The smallest absolute Gasteiger partial charge is 0.0704 e. The minimum absolute atomic E-state index is 0.997. The number of nitrogens with one attached hydrogen (secondary N) is 1. The Kier molecular flexibility index (Phi) is 2.65. The minimum atomic E-state index is 0.997. The van der Waals surface area contributed by atoms with Crippen LogP contribution in [0.3, 0.4) is 0 Å². The highest BCUT2D eigenvalue weighted by Gasteiger charge is 2.09. The third kappa shape index (κ3) is 2.08. The second kappa shape index (κ2) is 4.30. The molecule has 1 N–H and O–H groups in total. The van der Waals surface area contributed by atoms with Gasteiger partial charge >= 0.3 is 0 Å². The largest absolute Gasteiger partial charge is 0.312 e. The molecule has 0 radical (unpaired) electrons. The molecule has 0 amide bonds. The van der Waals surface area contributed by atoms with E-state index in [2.05, 4.69) is 41.5 Å². The summed E-state index contributed by atoms with van der Waals surface area (Å²) in [6.45, 7) is 4.18. The Labute approximate surface area is 102 Å². The van der Waals surface area contributed by atoms with Crippen LogP contribution < -0.4 is 5.32 Å². The van der Waals surface area contributed by atoms with E-state index in [1.165, 1.54) is 22.3 Å². The number of nitrogens with zero attached hydrogens (tertiary/aromatic N) is 1. The second-order valence-corrected chi connectivity index (χ2v) is 4.63. The van der Waals surface area contributed by atoms with E-state index in [1.54, 1.807) is 0 Å². The number of aromatic nitrogens is 1. The molecule has 0 fully saturated rings. The van der Waals surface area contributed by atoms with Gasteiger partial charge in [-0.1, -0.05) is 12.1 Å². The molecule has 0 spiro atoms. The zero-order chi connectivity index (χ0) is 11.7. The van der Waals surface area contributed by atoms with Gasteiger partial charge in [0.1, 0.15) is 0 Å². The normalized spacial score (nSPS) is 14.4. The standard InChI is InChI=1S/C15H16N2/c1-11-4-7-17-15(8-11)13-2-3-14-10-16-6-5-12(14)9-13/h2-4,7-9,16H,5-6,10H2,1H3. The summed E-state index contributed by atoms with van der Waals surface area (Å²) >= 11 is 0. The van der Waals surface area contributed by atoms with Gasteiger partial charge in [-0.15, -0.1) is 0 Å². The number of aryl methyl sites for hydroxylation is 1. The fourth-order valence-corrected chi connectivity index (χ4v) is 2.33. The molecule has 0 unspecified atom stereocenters. The van der Waals surface area contributed by atoms with Gasteiger partial charge in [-0.3, -0.25) is 4.98 Å². The van der Waals surface area contributed by atoms with Crippen molar-refractivity contribution in [1.29, 1.82) is 0 Å². The Balaban J connectivity index is 2.04. The van der Waals surface area contributed by atoms with E-state index in [9.17, 15) is 0 Å². The van der Waals surface area contributed by atoms with Crippen molar-refractivity contribution >= 4 is 0 Å². The van der Waals surface area contributed by atoms with Gasteiger partial charge in [0.15, 0.2) is 0 Å². The molecule has 2 aromatic rings. The van der Waals surface area contributed by atoms with E-state index in [4.69, 9.17) is 0 Å². The van der Waals surface area contributed by atoms with Crippen molar-refractivity contribution in [2.24, 2.45) is 0 Å². The highest BCUT2D eigenvalue weighted by atomic mass is 14.9. The Bertz CT molecular complexity index is 546. The SMILES string of the molecule is Cc1ccnc(-c2ccc3c(c2)CCNC3)c1. The van der Waals surface area contributed by atoms with Gasteiger partial charge in [-0.2, -0.15) is 0 Å². The van der Waals surface area contributed by atoms with E-state index in [-0.39, 0.29) is 0 Å². The number of pyridine rings is 1. The first kappa shape index (κ1) is 10.5. The monoisotopic (exact) mass is 224 g/mol. The van der Waals surface area contributed by atoms with Crippen LogP contribution in [0.5, 0.6) is 0 Å². The molecule has 1 aliphatic rings. The summed E-state index contributed by atoms with van der Waals surface area (Å²) in [6.07, 6.45) is 3.00. The van der Waals surface area contributed by atoms with Gasteiger partial charge in [0.05, 0.1) is 5.69 Å². The third-order valence-electron chi connectivity index (χ3n) is 3.30. The fraction of sp³-hybridized carbons (Fsp3) is 0.267. The summed E-state index contributed by atoms with van der Waals surface area (Å²) < 4.78 is 0. The average Bonchev–Trinajstić information content (AvgIpc) is 2.38. The van der Waals surface area contributed by atoms with Crippen LogP contribution in [0.25, 0.3) is 11.3 Å². The van der Waals surface area contributed by atoms with Gasteiger partial charge in [0.2, 0.25) is 0 Å². The molecule has 2 heteroatoms. The molecule has 1 aromatic carbocycles. The Morgan fingerprint density at radius 2 is 2.06 bits per heavy atom. The molecule has 0 aliphatic carbocycles. The van der Waals surface area contributed by atoms with E-state index in [1.807, 2.05) is 12.3 Å². The van der Waals surface area contributed by atoms with Gasteiger partial charge < -0.3 is 5.32 Å². The quantitative estimate of drug-likeness (QED) is 0.805. The van der Waals surface area contributed by atoms with E-state index >= 15 is 0 Å². The average molecular weight is 224 g/mol. The zero-order valence-electron chi connectivity index (χ0n) is 10.0. The topological polar surface area (TPSA) is 24.9 Å². The van der Waals surface area contributed by atoms with E-state index in [0.29, 0.717) is 0 Å². The maximum Gasteiger partial charge on any atom is 0.0704 e. The molecule has 2 nitrogen and oxygen atoms in total. The Morgan fingerprint density at radius 3 is 2.94 bits per heavy atom. The maximum absolute atomic E-state index is 4.44.